The number of nitrogens with zero attached hydrogens (tertiary/aromatic N) is 2. The summed E-state index contributed by atoms with van der Waals surface area (Å²) in [6.45, 7) is 6.01. The molecule has 0 spiro atoms. The van der Waals surface area contributed by atoms with Crippen molar-refractivity contribution < 1.29 is 4.39 Å². The number of aryl methyl sites for hydroxylation is 1. The minimum Gasteiger partial charge on any atom is -0.318 e. The number of rotatable bonds is 3. The zero-order chi connectivity index (χ0) is 17.3. The van der Waals surface area contributed by atoms with Gasteiger partial charge >= 0.3 is 0 Å². The summed E-state index contributed by atoms with van der Waals surface area (Å²) in [7, 11) is 0. The van der Waals surface area contributed by atoms with Crippen molar-refractivity contribution >= 4 is 23.5 Å². The molecule has 0 aliphatic carbocycles. The van der Waals surface area contributed by atoms with E-state index >= 15 is 0 Å². The van der Waals surface area contributed by atoms with Crippen LogP contribution in [0, 0.1) is 26.6 Å². The summed E-state index contributed by atoms with van der Waals surface area (Å²) in [5, 5.41) is 0.710. The van der Waals surface area contributed by atoms with Gasteiger partial charge in [-0.3, -0.25) is 4.99 Å². The second-order valence-electron chi connectivity index (χ2n) is 5.78. The molecule has 24 heavy (non-hydrogen) atoms. The van der Waals surface area contributed by atoms with Crippen LogP contribution in [0.3, 0.4) is 0 Å². The first kappa shape index (κ1) is 16.5. The van der Waals surface area contributed by atoms with Gasteiger partial charge in [0.05, 0.1) is 5.69 Å². The molecule has 0 fully saturated rings. The fraction of sp³-hybridized carbons (Fsp3) is 0.150. The molecule has 0 saturated carbocycles. The fourth-order valence-electron chi connectivity index (χ4n) is 2.78. The van der Waals surface area contributed by atoms with Crippen molar-refractivity contribution in [2.24, 2.45) is 4.99 Å². The van der Waals surface area contributed by atoms with Gasteiger partial charge in [0.15, 0.2) is 0 Å². The molecular formula is C20H18ClFN2. The molecule has 2 aromatic carbocycles. The van der Waals surface area contributed by atoms with E-state index in [0.717, 1.165) is 33.9 Å². The average Bonchev–Trinajstić information content (AvgIpc) is 2.84. The third-order valence-electron chi connectivity index (χ3n) is 4.14. The maximum atomic E-state index is 13.1. The Kier molecular flexibility index (Phi) is 4.54. The molecule has 3 aromatic rings. The van der Waals surface area contributed by atoms with Crippen LogP contribution in [0.2, 0.25) is 5.02 Å². The van der Waals surface area contributed by atoms with Gasteiger partial charge in [0.25, 0.3) is 0 Å². The van der Waals surface area contributed by atoms with Crippen molar-refractivity contribution in [1.29, 1.82) is 0 Å². The zero-order valence-corrected chi connectivity index (χ0v) is 14.6. The molecule has 0 bridgehead atoms. The fourth-order valence-corrected chi connectivity index (χ4v) is 2.95. The summed E-state index contributed by atoms with van der Waals surface area (Å²) in [5.41, 5.74) is 5.91. The number of benzene rings is 2. The molecule has 0 aliphatic rings. The van der Waals surface area contributed by atoms with Crippen molar-refractivity contribution in [3.8, 4) is 5.69 Å². The van der Waals surface area contributed by atoms with E-state index in [1.54, 1.807) is 12.1 Å². The molecule has 0 aliphatic heterocycles. The van der Waals surface area contributed by atoms with E-state index < -0.39 is 0 Å². The second-order valence-corrected chi connectivity index (χ2v) is 6.19. The first-order valence-corrected chi connectivity index (χ1v) is 8.09. The highest BCUT2D eigenvalue weighted by Gasteiger charge is 2.09. The first-order chi connectivity index (χ1) is 11.5. The zero-order valence-electron chi connectivity index (χ0n) is 13.8. The molecule has 3 rings (SSSR count). The van der Waals surface area contributed by atoms with Gasteiger partial charge in [0, 0.05) is 33.9 Å². The highest BCUT2D eigenvalue weighted by atomic mass is 35.5. The molecule has 4 heteroatoms. The number of aromatic nitrogens is 1. The Hall–Kier alpha value is -2.39. The Balaban J connectivity index is 1.98. The Labute approximate surface area is 146 Å². The lowest BCUT2D eigenvalue weighted by Crippen LogP contribution is -1.99. The number of halogens is 2. The van der Waals surface area contributed by atoms with Crippen LogP contribution in [-0.4, -0.2) is 10.8 Å². The summed E-state index contributed by atoms with van der Waals surface area (Å²) in [6, 6.07) is 14.3. The van der Waals surface area contributed by atoms with Crippen LogP contribution in [0.5, 0.6) is 0 Å². The largest absolute Gasteiger partial charge is 0.318 e. The Morgan fingerprint density at radius 1 is 1.04 bits per heavy atom. The molecule has 1 heterocycles. The lowest BCUT2D eigenvalue weighted by atomic mass is 10.2. The SMILES string of the molecule is Cc1c(Cl)cccc1N=Cc1cc(C)n(-c2ccc(F)cc2)c1C. The predicted octanol–water partition coefficient (Wildman–Crippen LogP) is 5.95. The molecule has 0 saturated heterocycles. The smallest absolute Gasteiger partial charge is 0.123 e. The second kappa shape index (κ2) is 6.62. The summed E-state index contributed by atoms with van der Waals surface area (Å²) in [4.78, 5) is 4.58. The minimum atomic E-state index is -0.237. The van der Waals surface area contributed by atoms with Crippen molar-refractivity contribution in [3.05, 3.63) is 81.9 Å². The van der Waals surface area contributed by atoms with Gasteiger partial charge in [-0.25, -0.2) is 4.39 Å². The molecule has 1 aromatic heterocycles. The third-order valence-corrected chi connectivity index (χ3v) is 4.55. The predicted molar refractivity (Wildman–Crippen MR) is 98.6 cm³/mol. The Bertz CT molecular complexity index is 908. The molecule has 0 amide bonds. The van der Waals surface area contributed by atoms with E-state index in [-0.39, 0.29) is 5.82 Å². The molecule has 0 unspecified atom stereocenters. The van der Waals surface area contributed by atoms with E-state index in [1.807, 2.05) is 45.2 Å². The van der Waals surface area contributed by atoms with Gasteiger partial charge in [0.1, 0.15) is 5.82 Å². The summed E-state index contributed by atoms with van der Waals surface area (Å²) < 4.78 is 15.2. The lowest BCUT2D eigenvalue weighted by Gasteiger charge is -2.09. The lowest BCUT2D eigenvalue weighted by molar-refractivity contribution is 0.627. The van der Waals surface area contributed by atoms with E-state index in [0.29, 0.717) is 5.02 Å². The van der Waals surface area contributed by atoms with Crippen LogP contribution in [0.1, 0.15) is 22.5 Å². The Morgan fingerprint density at radius 2 is 1.75 bits per heavy atom. The quantitative estimate of drug-likeness (QED) is 0.524. The van der Waals surface area contributed by atoms with Crippen molar-refractivity contribution in [2.75, 3.05) is 0 Å². The maximum Gasteiger partial charge on any atom is 0.123 e. The molecular weight excluding hydrogens is 323 g/mol. The Morgan fingerprint density at radius 3 is 2.46 bits per heavy atom. The van der Waals surface area contributed by atoms with Crippen LogP contribution in [0.15, 0.2) is 53.5 Å². The maximum absolute atomic E-state index is 13.1. The highest BCUT2D eigenvalue weighted by molar-refractivity contribution is 6.31. The summed E-state index contributed by atoms with van der Waals surface area (Å²) in [6.07, 6.45) is 1.85. The summed E-state index contributed by atoms with van der Waals surface area (Å²) in [5.74, 6) is -0.237. The third kappa shape index (κ3) is 3.13. The topological polar surface area (TPSA) is 17.3 Å². The van der Waals surface area contributed by atoms with Crippen molar-refractivity contribution in [3.63, 3.8) is 0 Å². The molecule has 2 nitrogen and oxygen atoms in total. The van der Waals surface area contributed by atoms with E-state index in [1.165, 1.54) is 12.1 Å². The van der Waals surface area contributed by atoms with Crippen LogP contribution in [0.25, 0.3) is 5.69 Å². The minimum absolute atomic E-state index is 0.237. The van der Waals surface area contributed by atoms with E-state index in [4.69, 9.17) is 11.6 Å². The van der Waals surface area contributed by atoms with Gasteiger partial charge < -0.3 is 4.57 Å². The van der Waals surface area contributed by atoms with E-state index in [9.17, 15) is 4.39 Å². The van der Waals surface area contributed by atoms with Gasteiger partial charge in [-0.05, 0) is 68.8 Å². The monoisotopic (exact) mass is 340 g/mol. The van der Waals surface area contributed by atoms with Crippen LogP contribution < -0.4 is 0 Å². The van der Waals surface area contributed by atoms with Gasteiger partial charge in [-0.1, -0.05) is 17.7 Å². The number of aliphatic imine (C=N–C) groups is 1. The van der Waals surface area contributed by atoms with Crippen molar-refractivity contribution in [2.45, 2.75) is 20.8 Å². The van der Waals surface area contributed by atoms with Gasteiger partial charge in [-0.2, -0.15) is 0 Å². The normalized spacial score (nSPS) is 11.4. The number of hydrogen-bond acceptors (Lipinski definition) is 1. The van der Waals surface area contributed by atoms with Crippen LogP contribution in [-0.2, 0) is 0 Å². The summed E-state index contributed by atoms with van der Waals surface area (Å²) >= 11 is 6.14. The standard InChI is InChI=1S/C20H18ClFN2/c1-13-11-16(12-23-20-6-4-5-19(21)14(20)2)15(3)24(13)18-9-7-17(22)8-10-18/h4-12H,1-3H3. The first-order valence-electron chi connectivity index (χ1n) is 7.71. The molecule has 0 N–H and O–H groups in total. The molecule has 0 radical (unpaired) electrons. The number of hydrogen-bond donors (Lipinski definition) is 0. The molecule has 0 atom stereocenters. The van der Waals surface area contributed by atoms with Gasteiger partial charge in [-0.15, -0.1) is 0 Å². The van der Waals surface area contributed by atoms with Crippen LogP contribution in [0.4, 0.5) is 10.1 Å². The van der Waals surface area contributed by atoms with Gasteiger partial charge in [0.2, 0.25) is 0 Å². The highest BCUT2D eigenvalue weighted by Crippen LogP contribution is 2.26. The van der Waals surface area contributed by atoms with E-state index in [2.05, 4.69) is 15.6 Å². The van der Waals surface area contributed by atoms with Crippen molar-refractivity contribution in [1.82, 2.24) is 4.57 Å². The average molecular weight is 341 g/mol. The van der Waals surface area contributed by atoms with Crippen LogP contribution >= 0.6 is 11.6 Å². The molecule has 122 valence electrons.